The molecular weight excluding hydrogens is 344 g/mol. The van der Waals surface area contributed by atoms with Gasteiger partial charge in [0, 0.05) is 5.41 Å². The number of phenolic OH excluding ortho intramolecular Hbond substituents is 2. The molecule has 0 aliphatic carbocycles. The number of carboxylic acid groups (broad SMARTS) is 1. The van der Waals surface area contributed by atoms with Gasteiger partial charge in [-0.2, -0.15) is 0 Å². The highest BCUT2D eigenvalue weighted by atomic mass is 16.7. The lowest BCUT2D eigenvalue weighted by atomic mass is 9.78. The van der Waals surface area contributed by atoms with E-state index in [0.29, 0.717) is 5.75 Å². The van der Waals surface area contributed by atoms with Gasteiger partial charge in [0.2, 0.25) is 0 Å². The van der Waals surface area contributed by atoms with E-state index in [9.17, 15) is 15.0 Å². The highest BCUT2D eigenvalue weighted by Crippen LogP contribution is 2.32. The lowest BCUT2D eigenvalue weighted by Crippen LogP contribution is -2.18. The lowest BCUT2D eigenvalue weighted by molar-refractivity contribution is 0.144. The Morgan fingerprint density at radius 2 is 1.15 bits per heavy atom. The van der Waals surface area contributed by atoms with Crippen LogP contribution >= 0.6 is 0 Å². The van der Waals surface area contributed by atoms with Gasteiger partial charge in [-0.05, 0) is 47.5 Å². The first-order valence-electron chi connectivity index (χ1n) is 8.34. The van der Waals surface area contributed by atoms with Crippen molar-refractivity contribution in [3.63, 3.8) is 0 Å². The molecule has 0 saturated heterocycles. The van der Waals surface area contributed by atoms with Gasteiger partial charge in [-0.3, -0.25) is 0 Å². The molecule has 0 aliphatic heterocycles. The molecule has 0 saturated carbocycles. The predicted molar refractivity (Wildman–Crippen MR) is 103 cm³/mol. The van der Waals surface area contributed by atoms with Gasteiger partial charge in [-0.15, -0.1) is 0 Å². The summed E-state index contributed by atoms with van der Waals surface area (Å²) in [4.78, 5) is 9.95. The smallest absolute Gasteiger partial charge is 0.508 e. The van der Waals surface area contributed by atoms with Crippen LogP contribution in [0.1, 0.15) is 25.0 Å². The number of benzene rings is 3. The molecule has 0 bridgehead atoms. The summed E-state index contributed by atoms with van der Waals surface area (Å²) >= 11 is 0. The van der Waals surface area contributed by atoms with E-state index in [1.54, 1.807) is 54.6 Å². The fourth-order valence-corrected chi connectivity index (χ4v) is 2.51. The van der Waals surface area contributed by atoms with Crippen molar-refractivity contribution in [2.24, 2.45) is 0 Å². The van der Waals surface area contributed by atoms with Gasteiger partial charge >= 0.3 is 6.16 Å². The molecule has 3 aromatic carbocycles. The average molecular weight is 366 g/mol. The van der Waals surface area contributed by atoms with E-state index in [1.807, 2.05) is 24.3 Å². The predicted octanol–water partition coefficient (Wildman–Crippen LogP) is 5.17. The standard InChI is InChI=1S/C15H16O2.C7H6O3/c1-15(2,11-3-7-13(16)8-4-11)12-5-9-14(17)10-6-12;8-7(9)10-6-4-2-1-3-5-6/h3-10,16-17H,1-2H3;1-5H,(H,8,9). The Kier molecular flexibility index (Phi) is 6.44. The highest BCUT2D eigenvalue weighted by molar-refractivity contribution is 5.60. The molecule has 0 atom stereocenters. The molecule has 5 heteroatoms. The van der Waals surface area contributed by atoms with Crippen LogP contribution < -0.4 is 4.74 Å². The van der Waals surface area contributed by atoms with Crippen molar-refractivity contribution < 1.29 is 24.9 Å². The van der Waals surface area contributed by atoms with Crippen LogP contribution in [0, 0.1) is 0 Å². The second-order valence-electron chi connectivity index (χ2n) is 6.40. The zero-order chi connectivity index (χ0) is 19.9. The van der Waals surface area contributed by atoms with Crippen molar-refractivity contribution in [3.8, 4) is 17.2 Å². The number of para-hydroxylation sites is 1. The summed E-state index contributed by atoms with van der Waals surface area (Å²) in [5, 5.41) is 26.7. The maximum Gasteiger partial charge on any atom is 0.511 e. The van der Waals surface area contributed by atoms with E-state index in [1.165, 1.54) is 0 Å². The molecule has 140 valence electrons. The second kappa shape index (κ2) is 8.76. The van der Waals surface area contributed by atoms with Gasteiger partial charge in [0.1, 0.15) is 17.2 Å². The molecule has 0 heterocycles. The third-order valence-electron chi connectivity index (χ3n) is 4.13. The molecule has 0 amide bonds. The Morgan fingerprint density at radius 3 is 1.52 bits per heavy atom. The Hall–Kier alpha value is -3.47. The molecule has 0 spiro atoms. The van der Waals surface area contributed by atoms with Gasteiger partial charge in [0.15, 0.2) is 0 Å². The van der Waals surface area contributed by atoms with Gasteiger partial charge in [-0.25, -0.2) is 4.79 Å². The summed E-state index contributed by atoms with van der Waals surface area (Å²) in [6, 6.07) is 22.8. The van der Waals surface area contributed by atoms with Crippen LogP contribution in [0.15, 0.2) is 78.9 Å². The summed E-state index contributed by atoms with van der Waals surface area (Å²) in [6.45, 7) is 4.23. The fraction of sp³-hybridized carbons (Fsp3) is 0.136. The molecule has 3 rings (SSSR count). The zero-order valence-corrected chi connectivity index (χ0v) is 15.2. The van der Waals surface area contributed by atoms with Crippen molar-refractivity contribution in [2.75, 3.05) is 0 Å². The van der Waals surface area contributed by atoms with E-state index in [-0.39, 0.29) is 16.9 Å². The van der Waals surface area contributed by atoms with E-state index in [4.69, 9.17) is 5.11 Å². The first-order chi connectivity index (χ1) is 12.8. The van der Waals surface area contributed by atoms with Crippen LogP contribution in [0.2, 0.25) is 0 Å². The molecule has 0 radical (unpaired) electrons. The van der Waals surface area contributed by atoms with Crippen molar-refractivity contribution in [2.45, 2.75) is 19.3 Å². The monoisotopic (exact) mass is 366 g/mol. The maximum atomic E-state index is 9.95. The van der Waals surface area contributed by atoms with E-state index in [2.05, 4.69) is 18.6 Å². The maximum absolute atomic E-state index is 9.95. The van der Waals surface area contributed by atoms with Gasteiger partial charge in [0.05, 0.1) is 0 Å². The quantitative estimate of drug-likeness (QED) is 0.440. The van der Waals surface area contributed by atoms with E-state index < -0.39 is 6.16 Å². The van der Waals surface area contributed by atoms with Crippen molar-refractivity contribution in [3.05, 3.63) is 90.0 Å². The van der Waals surface area contributed by atoms with Crippen LogP contribution in [-0.4, -0.2) is 21.5 Å². The summed E-state index contributed by atoms with van der Waals surface area (Å²) in [7, 11) is 0. The number of hydrogen-bond donors (Lipinski definition) is 3. The minimum absolute atomic E-state index is 0.151. The largest absolute Gasteiger partial charge is 0.511 e. The van der Waals surface area contributed by atoms with Crippen LogP contribution in [0.5, 0.6) is 17.2 Å². The summed E-state index contributed by atoms with van der Waals surface area (Å²) in [6.07, 6.45) is -1.29. The molecule has 0 fully saturated rings. The molecule has 0 unspecified atom stereocenters. The minimum atomic E-state index is -1.29. The molecule has 5 nitrogen and oxygen atoms in total. The zero-order valence-electron chi connectivity index (χ0n) is 15.2. The highest BCUT2D eigenvalue weighted by Gasteiger charge is 2.22. The number of hydrogen-bond acceptors (Lipinski definition) is 4. The Labute approximate surface area is 158 Å². The Bertz CT molecular complexity index is 806. The summed E-state index contributed by atoms with van der Waals surface area (Å²) in [5.74, 6) is 0.889. The third-order valence-corrected chi connectivity index (χ3v) is 4.13. The van der Waals surface area contributed by atoms with Crippen molar-refractivity contribution in [1.82, 2.24) is 0 Å². The first-order valence-corrected chi connectivity index (χ1v) is 8.34. The van der Waals surface area contributed by atoms with Crippen molar-refractivity contribution in [1.29, 1.82) is 0 Å². The normalized spacial score (nSPS) is 10.4. The topological polar surface area (TPSA) is 87.0 Å². The summed E-state index contributed by atoms with van der Waals surface area (Å²) < 4.78 is 4.33. The van der Waals surface area contributed by atoms with Crippen molar-refractivity contribution >= 4 is 6.16 Å². The molecular formula is C22H22O5. The van der Waals surface area contributed by atoms with Gasteiger partial charge < -0.3 is 20.1 Å². The molecule has 3 N–H and O–H groups in total. The Morgan fingerprint density at radius 1 is 0.741 bits per heavy atom. The third kappa shape index (κ3) is 5.78. The SMILES string of the molecule is CC(C)(c1ccc(O)cc1)c1ccc(O)cc1.O=C(O)Oc1ccccc1. The average Bonchev–Trinajstić information content (AvgIpc) is 2.63. The number of phenols is 2. The van der Waals surface area contributed by atoms with E-state index in [0.717, 1.165) is 11.1 Å². The van der Waals surface area contributed by atoms with Crippen LogP contribution in [0.25, 0.3) is 0 Å². The Balaban J connectivity index is 0.000000223. The summed E-state index contributed by atoms with van der Waals surface area (Å²) in [5.41, 5.74) is 2.10. The fourth-order valence-electron chi connectivity index (χ4n) is 2.51. The molecule has 3 aromatic rings. The number of rotatable bonds is 3. The minimum Gasteiger partial charge on any atom is -0.508 e. The van der Waals surface area contributed by atoms with Crippen LogP contribution in [0.4, 0.5) is 4.79 Å². The van der Waals surface area contributed by atoms with Crippen LogP contribution in [-0.2, 0) is 5.41 Å². The molecule has 0 aromatic heterocycles. The van der Waals surface area contributed by atoms with E-state index >= 15 is 0 Å². The second-order valence-corrected chi connectivity index (χ2v) is 6.40. The molecule has 27 heavy (non-hydrogen) atoms. The van der Waals surface area contributed by atoms with Gasteiger partial charge in [-0.1, -0.05) is 56.3 Å². The first kappa shape index (κ1) is 19.8. The lowest BCUT2D eigenvalue weighted by Gasteiger charge is -2.26. The number of aromatic hydroxyl groups is 2. The molecule has 0 aliphatic rings. The van der Waals surface area contributed by atoms with Crippen LogP contribution in [0.3, 0.4) is 0 Å². The van der Waals surface area contributed by atoms with Gasteiger partial charge in [0.25, 0.3) is 0 Å². The number of carbonyl (C=O) groups is 1. The number of ether oxygens (including phenoxy) is 1.